The zero-order chi connectivity index (χ0) is 32.4. The third-order valence-electron chi connectivity index (χ3n) is 8.05. The molecular formula is C35H43N3O6. The zero-order valence-electron chi connectivity index (χ0n) is 26.7. The number of hydrogen-bond acceptors (Lipinski definition) is 6. The number of aromatic carboxylic acids is 1. The number of aryl methyl sites for hydroxylation is 2. The maximum absolute atomic E-state index is 13.4. The molecule has 0 bridgehead atoms. The summed E-state index contributed by atoms with van der Waals surface area (Å²) in [7, 11) is 0. The molecule has 1 aliphatic heterocycles. The fourth-order valence-electron chi connectivity index (χ4n) is 5.70. The number of hydrogen-bond donors (Lipinski definition) is 3. The topological polar surface area (TPSA) is 129 Å². The third kappa shape index (κ3) is 7.45. The standard InChI is InChI=1S/C35H43N3O6/c1-21-27(24-13-14-25(32(40)41)26(19-24)31(39)36-20-23-11-9-8-10-12-23)29(38-17-15-35(6,7)16-18-38)28(22(2)37-21)30(33(42)43)44-34(3,4)5/h8-14,19,30H,15-18,20H2,1-7H3,(H,36,39)(H,40,41)(H,42,43)/t30-/m0/s1. The second-order valence-corrected chi connectivity index (χ2v) is 13.3. The number of carboxylic acids is 2. The van der Waals surface area contributed by atoms with Gasteiger partial charge in [0, 0.05) is 42.1 Å². The zero-order valence-corrected chi connectivity index (χ0v) is 26.7. The second-order valence-electron chi connectivity index (χ2n) is 13.3. The Morgan fingerprint density at radius 2 is 1.61 bits per heavy atom. The number of carboxylic acid groups (broad SMARTS) is 2. The average molecular weight is 602 g/mol. The van der Waals surface area contributed by atoms with Gasteiger partial charge < -0.3 is 25.2 Å². The first-order chi connectivity index (χ1) is 20.6. The van der Waals surface area contributed by atoms with Crippen LogP contribution in [0.15, 0.2) is 48.5 Å². The molecule has 9 nitrogen and oxygen atoms in total. The van der Waals surface area contributed by atoms with Crippen LogP contribution in [0.3, 0.4) is 0 Å². The Kier molecular flexibility index (Phi) is 9.49. The minimum Gasteiger partial charge on any atom is -0.479 e. The fraction of sp³-hybridized carbons (Fsp3) is 0.429. The first-order valence-corrected chi connectivity index (χ1v) is 14.9. The van der Waals surface area contributed by atoms with Gasteiger partial charge in [0.25, 0.3) is 5.91 Å². The molecule has 1 fully saturated rings. The number of carbonyl (C=O) groups excluding carboxylic acids is 1. The van der Waals surface area contributed by atoms with Gasteiger partial charge in [-0.3, -0.25) is 9.78 Å². The lowest BCUT2D eigenvalue weighted by Crippen LogP contribution is -2.39. The van der Waals surface area contributed by atoms with Crippen LogP contribution in [0.4, 0.5) is 5.69 Å². The molecular weight excluding hydrogens is 558 g/mol. The molecule has 1 atom stereocenters. The highest BCUT2D eigenvalue weighted by Crippen LogP contribution is 2.45. The van der Waals surface area contributed by atoms with E-state index in [0.717, 1.165) is 18.4 Å². The molecule has 3 N–H and O–H groups in total. The van der Waals surface area contributed by atoms with Crippen LogP contribution in [-0.4, -0.2) is 51.7 Å². The van der Waals surface area contributed by atoms with Gasteiger partial charge in [-0.15, -0.1) is 0 Å². The Labute approximate surface area is 259 Å². The summed E-state index contributed by atoms with van der Waals surface area (Å²) in [5.74, 6) is -2.86. The summed E-state index contributed by atoms with van der Waals surface area (Å²) in [6.07, 6.45) is 0.503. The van der Waals surface area contributed by atoms with Crippen molar-refractivity contribution in [3.63, 3.8) is 0 Å². The Bertz CT molecular complexity index is 1550. The summed E-state index contributed by atoms with van der Waals surface area (Å²) in [5, 5.41) is 23.2. The van der Waals surface area contributed by atoms with Gasteiger partial charge in [-0.2, -0.15) is 0 Å². The number of amides is 1. The Morgan fingerprint density at radius 3 is 2.18 bits per heavy atom. The third-order valence-corrected chi connectivity index (χ3v) is 8.05. The number of anilines is 1. The van der Waals surface area contributed by atoms with E-state index in [9.17, 15) is 24.6 Å². The minimum absolute atomic E-state index is 0.0129. The summed E-state index contributed by atoms with van der Waals surface area (Å²) >= 11 is 0. The Hall–Kier alpha value is -4.24. The maximum Gasteiger partial charge on any atom is 0.337 e. The number of nitrogens with zero attached hydrogens (tertiary/aromatic N) is 2. The number of pyridine rings is 1. The molecule has 2 aromatic carbocycles. The lowest BCUT2D eigenvalue weighted by Gasteiger charge is -2.41. The molecule has 234 valence electrons. The van der Waals surface area contributed by atoms with E-state index in [1.54, 1.807) is 19.1 Å². The molecule has 0 saturated carbocycles. The van der Waals surface area contributed by atoms with E-state index in [0.29, 0.717) is 46.9 Å². The normalized spacial score (nSPS) is 15.5. The number of ether oxygens (including phenoxy) is 1. The van der Waals surface area contributed by atoms with E-state index in [1.807, 2.05) is 58.0 Å². The SMILES string of the molecule is Cc1nc(C)c([C@H](OC(C)(C)C)C(=O)O)c(N2CCC(C)(C)CC2)c1-c1ccc(C(=O)O)c(C(=O)NCc2ccccc2)c1. The Balaban J connectivity index is 1.92. The van der Waals surface area contributed by atoms with Gasteiger partial charge in [0.05, 0.1) is 22.4 Å². The van der Waals surface area contributed by atoms with Crippen molar-refractivity contribution >= 4 is 23.5 Å². The van der Waals surface area contributed by atoms with Crippen molar-refractivity contribution in [3.05, 3.63) is 82.2 Å². The van der Waals surface area contributed by atoms with E-state index < -0.39 is 29.6 Å². The van der Waals surface area contributed by atoms with Crippen molar-refractivity contribution in [1.82, 2.24) is 10.3 Å². The molecule has 1 aliphatic rings. The van der Waals surface area contributed by atoms with Crippen LogP contribution in [0.5, 0.6) is 0 Å². The summed E-state index contributed by atoms with van der Waals surface area (Å²) in [6, 6.07) is 14.0. The van der Waals surface area contributed by atoms with E-state index in [4.69, 9.17) is 9.72 Å². The van der Waals surface area contributed by atoms with Crippen molar-refractivity contribution in [3.8, 4) is 11.1 Å². The molecule has 4 rings (SSSR count). The number of benzene rings is 2. The lowest BCUT2D eigenvalue weighted by atomic mass is 9.81. The largest absolute Gasteiger partial charge is 0.479 e. The highest BCUT2D eigenvalue weighted by molar-refractivity contribution is 6.06. The van der Waals surface area contributed by atoms with Crippen LogP contribution in [0.2, 0.25) is 0 Å². The second kappa shape index (κ2) is 12.8. The van der Waals surface area contributed by atoms with Crippen LogP contribution in [0, 0.1) is 19.3 Å². The smallest absolute Gasteiger partial charge is 0.337 e. The molecule has 0 unspecified atom stereocenters. The monoisotopic (exact) mass is 601 g/mol. The Morgan fingerprint density at radius 1 is 0.977 bits per heavy atom. The van der Waals surface area contributed by atoms with E-state index in [-0.39, 0.29) is 23.1 Å². The molecule has 2 heterocycles. The van der Waals surface area contributed by atoms with Crippen LogP contribution in [-0.2, 0) is 16.1 Å². The van der Waals surface area contributed by atoms with Gasteiger partial charge in [-0.1, -0.05) is 50.2 Å². The summed E-state index contributed by atoms with van der Waals surface area (Å²) < 4.78 is 6.15. The van der Waals surface area contributed by atoms with Crippen LogP contribution < -0.4 is 10.2 Å². The minimum atomic E-state index is -1.29. The van der Waals surface area contributed by atoms with Crippen molar-refractivity contribution in [2.45, 2.75) is 79.6 Å². The first kappa shape index (κ1) is 32.7. The van der Waals surface area contributed by atoms with Gasteiger partial charge in [0.1, 0.15) is 0 Å². The number of aliphatic carboxylic acids is 1. The predicted octanol–water partition coefficient (Wildman–Crippen LogP) is 6.56. The lowest BCUT2D eigenvalue weighted by molar-refractivity contribution is -0.160. The van der Waals surface area contributed by atoms with E-state index in [2.05, 4.69) is 24.1 Å². The van der Waals surface area contributed by atoms with E-state index >= 15 is 0 Å². The molecule has 9 heteroatoms. The van der Waals surface area contributed by atoms with Crippen LogP contribution in [0.1, 0.15) is 96.8 Å². The summed E-state index contributed by atoms with van der Waals surface area (Å²) in [5.41, 5.74) is 3.72. The molecule has 0 aliphatic carbocycles. The number of nitrogens with one attached hydrogen (secondary N) is 1. The van der Waals surface area contributed by atoms with Crippen molar-refractivity contribution in [2.24, 2.45) is 5.41 Å². The summed E-state index contributed by atoms with van der Waals surface area (Å²) in [4.78, 5) is 45.4. The van der Waals surface area contributed by atoms with Crippen LogP contribution in [0.25, 0.3) is 11.1 Å². The van der Waals surface area contributed by atoms with Crippen molar-refractivity contribution in [2.75, 3.05) is 18.0 Å². The number of aromatic nitrogens is 1. The van der Waals surface area contributed by atoms with Gasteiger partial charge in [0.2, 0.25) is 0 Å². The quantitative estimate of drug-likeness (QED) is 0.252. The van der Waals surface area contributed by atoms with Gasteiger partial charge in [-0.05, 0) is 76.1 Å². The number of carbonyl (C=O) groups is 3. The van der Waals surface area contributed by atoms with Crippen LogP contribution >= 0.6 is 0 Å². The molecule has 0 radical (unpaired) electrons. The molecule has 1 amide bonds. The maximum atomic E-state index is 13.4. The number of piperidine rings is 1. The molecule has 1 aromatic heterocycles. The predicted molar refractivity (Wildman–Crippen MR) is 170 cm³/mol. The van der Waals surface area contributed by atoms with E-state index in [1.165, 1.54) is 6.07 Å². The molecule has 1 saturated heterocycles. The molecule has 0 spiro atoms. The average Bonchev–Trinajstić information content (AvgIpc) is 2.94. The van der Waals surface area contributed by atoms with Crippen molar-refractivity contribution in [1.29, 1.82) is 0 Å². The highest BCUT2D eigenvalue weighted by Gasteiger charge is 2.36. The van der Waals surface area contributed by atoms with Gasteiger partial charge in [0.15, 0.2) is 6.10 Å². The number of rotatable bonds is 9. The highest BCUT2D eigenvalue weighted by atomic mass is 16.5. The van der Waals surface area contributed by atoms with Gasteiger partial charge in [-0.25, -0.2) is 9.59 Å². The molecule has 44 heavy (non-hydrogen) atoms. The van der Waals surface area contributed by atoms with Gasteiger partial charge >= 0.3 is 11.9 Å². The van der Waals surface area contributed by atoms with Crippen molar-refractivity contribution < 1.29 is 29.3 Å². The summed E-state index contributed by atoms with van der Waals surface area (Å²) in [6.45, 7) is 15.2. The first-order valence-electron chi connectivity index (χ1n) is 14.9. The molecule has 3 aromatic rings. The fourth-order valence-corrected chi connectivity index (χ4v) is 5.70.